The predicted octanol–water partition coefficient (Wildman–Crippen LogP) is 2.77. The molecule has 0 fully saturated rings. The largest absolute Gasteiger partial charge is 0.444 e. The Labute approximate surface area is 151 Å². The average Bonchev–Trinajstić information content (AvgIpc) is 2.39. The van der Waals surface area contributed by atoms with Crippen LogP contribution in [0, 0.1) is 0 Å². The number of nitrogens with two attached hydrogens (primary N) is 2. The molecule has 1 aromatic carbocycles. The molecule has 0 spiro atoms. The van der Waals surface area contributed by atoms with Crippen LogP contribution in [0.4, 0.5) is 16.2 Å². The van der Waals surface area contributed by atoms with E-state index in [1.807, 2.05) is 39.8 Å². The summed E-state index contributed by atoms with van der Waals surface area (Å²) in [7, 11) is 1.72. The number of rotatable bonds is 6. The highest BCUT2D eigenvalue weighted by atomic mass is 79.9. The monoisotopic (exact) mass is 402 g/mol. The number of nitrogens with one attached hydrogen (secondary N) is 1. The first-order chi connectivity index (χ1) is 11.0. The zero-order valence-electron chi connectivity index (χ0n) is 14.9. The van der Waals surface area contributed by atoms with Crippen molar-refractivity contribution in [3.63, 3.8) is 0 Å². The van der Waals surface area contributed by atoms with Crippen LogP contribution in [0.1, 0.15) is 33.3 Å². The third-order valence-electron chi connectivity index (χ3n) is 2.95. The Hall–Kier alpha value is -1.51. The van der Waals surface area contributed by atoms with Gasteiger partial charge in [-0.3, -0.25) is 0 Å². The number of halogens is 1. The first-order valence-electron chi connectivity index (χ1n) is 7.63. The summed E-state index contributed by atoms with van der Waals surface area (Å²) in [5.74, 6) is 5.76. The maximum Gasteiger partial charge on any atom is 0.407 e. The second-order valence-electron chi connectivity index (χ2n) is 6.68. The number of hydrogen-bond donors (Lipinski definition) is 3. The molecule has 1 amide bonds. The molecule has 1 aromatic rings. The van der Waals surface area contributed by atoms with Crippen LogP contribution in [-0.4, -0.2) is 31.4 Å². The van der Waals surface area contributed by atoms with Gasteiger partial charge in [0.25, 0.3) is 0 Å². The van der Waals surface area contributed by atoms with Gasteiger partial charge in [-0.25, -0.2) is 10.6 Å². The number of anilines is 2. The van der Waals surface area contributed by atoms with Gasteiger partial charge in [-0.2, -0.15) is 0 Å². The van der Waals surface area contributed by atoms with Crippen LogP contribution in [0.3, 0.4) is 0 Å². The quantitative estimate of drug-likeness (QED) is 0.384. The molecule has 136 valence electrons. The van der Waals surface area contributed by atoms with E-state index < -0.39 is 11.7 Å². The van der Waals surface area contributed by atoms with Crippen molar-refractivity contribution in [1.29, 1.82) is 0 Å². The van der Waals surface area contributed by atoms with Gasteiger partial charge in [-0.15, -0.1) is 0 Å². The summed E-state index contributed by atoms with van der Waals surface area (Å²) < 4.78 is 11.6. The molecule has 1 atom stereocenters. The number of carbonyl (C=O) groups excluding carboxylic acids is 1. The molecule has 1 unspecified atom stereocenters. The molecule has 0 aliphatic heterocycles. The fourth-order valence-electron chi connectivity index (χ4n) is 1.94. The molecule has 7 nitrogen and oxygen atoms in total. The summed E-state index contributed by atoms with van der Waals surface area (Å²) in [4.78, 5) is 11.7. The number of nitrogen functional groups attached to an aromatic ring is 1. The SMILES string of the molecule is CC(COCc1cc(Br)c(N)c(N(C)N)c1)NC(=O)OC(C)(C)C. The third kappa shape index (κ3) is 6.94. The molecule has 0 heterocycles. The zero-order chi connectivity index (χ0) is 18.5. The van der Waals surface area contributed by atoms with Crippen LogP contribution in [0.2, 0.25) is 0 Å². The van der Waals surface area contributed by atoms with E-state index in [-0.39, 0.29) is 6.04 Å². The van der Waals surface area contributed by atoms with Crippen molar-refractivity contribution in [2.24, 2.45) is 5.84 Å². The average molecular weight is 403 g/mol. The summed E-state index contributed by atoms with van der Waals surface area (Å²) in [6, 6.07) is 3.58. The number of carbonyl (C=O) groups is 1. The van der Waals surface area contributed by atoms with Gasteiger partial charge in [0.05, 0.1) is 30.6 Å². The van der Waals surface area contributed by atoms with Crippen molar-refractivity contribution in [2.45, 2.75) is 45.9 Å². The van der Waals surface area contributed by atoms with Crippen LogP contribution < -0.4 is 21.9 Å². The van der Waals surface area contributed by atoms with E-state index in [0.717, 1.165) is 10.0 Å². The van der Waals surface area contributed by atoms with E-state index in [9.17, 15) is 4.79 Å². The molecule has 0 aliphatic rings. The highest BCUT2D eigenvalue weighted by Gasteiger charge is 2.17. The molecule has 0 aliphatic carbocycles. The van der Waals surface area contributed by atoms with Gasteiger partial charge in [0, 0.05) is 11.5 Å². The molecule has 24 heavy (non-hydrogen) atoms. The van der Waals surface area contributed by atoms with Crippen molar-refractivity contribution in [3.05, 3.63) is 22.2 Å². The molecule has 0 saturated heterocycles. The molecule has 0 aromatic heterocycles. The van der Waals surface area contributed by atoms with Gasteiger partial charge in [-0.05, 0) is 61.3 Å². The molecule has 0 radical (unpaired) electrons. The van der Waals surface area contributed by atoms with Gasteiger partial charge < -0.3 is 25.5 Å². The minimum Gasteiger partial charge on any atom is -0.444 e. The van der Waals surface area contributed by atoms with Crippen molar-refractivity contribution in [2.75, 3.05) is 24.4 Å². The van der Waals surface area contributed by atoms with Gasteiger partial charge in [0.2, 0.25) is 0 Å². The summed E-state index contributed by atoms with van der Waals surface area (Å²) in [6.45, 7) is 8.04. The van der Waals surface area contributed by atoms with Crippen molar-refractivity contribution in [3.8, 4) is 0 Å². The lowest BCUT2D eigenvalue weighted by molar-refractivity contribution is 0.0442. The maximum absolute atomic E-state index is 11.7. The minimum atomic E-state index is -0.522. The first-order valence-corrected chi connectivity index (χ1v) is 8.42. The number of benzene rings is 1. The number of amides is 1. The van der Waals surface area contributed by atoms with Crippen LogP contribution in [0.15, 0.2) is 16.6 Å². The van der Waals surface area contributed by atoms with Gasteiger partial charge in [0.1, 0.15) is 5.60 Å². The predicted molar refractivity (Wildman–Crippen MR) is 99.6 cm³/mol. The number of ether oxygens (including phenoxy) is 2. The molecule has 8 heteroatoms. The summed E-state index contributed by atoms with van der Waals surface area (Å²) in [5.41, 5.74) is 7.65. The lowest BCUT2D eigenvalue weighted by atomic mass is 10.2. The molecule has 0 bridgehead atoms. The molecular weight excluding hydrogens is 376 g/mol. The normalized spacial score (nSPS) is 12.6. The molecule has 0 saturated carbocycles. The van der Waals surface area contributed by atoms with Crippen molar-refractivity contribution >= 4 is 33.4 Å². The van der Waals surface area contributed by atoms with E-state index >= 15 is 0 Å². The standard InChI is InChI=1S/C16H27BrN4O3/c1-10(20-15(22)24-16(2,3)4)8-23-9-11-6-12(17)14(18)13(7-11)21(5)19/h6-7,10H,8-9,18-19H2,1-5H3,(H,20,22). The van der Waals surface area contributed by atoms with Gasteiger partial charge in [0.15, 0.2) is 0 Å². The molecule has 1 rings (SSSR count). The van der Waals surface area contributed by atoms with E-state index in [4.69, 9.17) is 21.1 Å². The van der Waals surface area contributed by atoms with E-state index in [1.54, 1.807) is 7.05 Å². The van der Waals surface area contributed by atoms with Crippen molar-refractivity contribution in [1.82, 2.24) is 5.32 Å². The lowest BCUT2D eigenvalue weighted by Crippen LogP contribution is -2.39. The van der Waals surface area contributed by atoms with Crippen LogP contribution in [0.25, 0.3) is 0 Å². The second kappa shape index (κ2) is 8.55. The van der Waals surface area contributed by atoms with Crippen LogP contribution >= 0.6 is 15.9 Å². The second-order valence-corrected chi connectivity index (χ2v) is 7.54. The Morgan fingerprint density at radius 3 is 2.58 bits per heavy atom. The van der Waals surface area contributed by atoms with Gasteiger partial charge in [-0.1, -0.05) is 0 Å². The van der Waals surface area contributed by atoms with Crippen molar-refractivity contribution < 1.29 is 14.3 Å². The minimum absolute atomic E-state index is 0.172. The summed E-state index contributed by atoms with van der Waals surface area (Å²) >= 11 is 3.41. The smallest absolute Gasteiger partial charge is 0.407 e. The van der Waals surface area contributed by atoms with Crippen LogP contribution in [-0.2, 0) is 16.1 Å². The fraction of sp³-hybridized carbons (Fsp3) is 0.562. The number of alkyl carbamates (subject to hydrolysis) is 1. The Morgan fingerprint density at radius 2 is 2.04 bits per heavy atom. The number of hydrogen-bond acceptors (Lipinski definition) is 6. The Kier molecular flexibility index (Phi) is 7.31. The molecule has 5 N–H and O–H groups in total. The number of hydrazine groups is 1. The Balaban J connectivity index is 2.51. The summed E-state index contributed by atoms with van der Waals surface area (Å²) in [6.07, 6.45) is -0.458. The Bertz CT molecular complexity index is 573. The highest BCUT2D eigenvalue weighted by Crippen LogP contribution is 2.31. The highest BCUT2D eigenvalue weighted by molar-refractivity contribution is 9.10. The fourth-order valence-corrected chi connectivity index (χ4v) is 2.43. The van der Waals surface area contributed by atoms with E-state index in [0.29, 0.717) is 24.6 Å². The van der Waals surface area contributed by atoms with Crippen LogP contribution in [0.5, 0.6) is 0 Å². The number of nitrogens with zero attached hydrogens (tertiary/aromatic N) is 1. The topological polar surface area (TPSA) is 103 Å². The lowest BCUT2D eigenvalue weighted by Gasteiger charge is -2.22. The first kappa shape index (κ1) is 20.5. The Morgan fingerprint density at radius 1 is 1.42 bits per heavy atom. The third-order valence-corrected chi connectivity index (χ3v) is 3.60. The zero-order valence-corrected chi connectivity index (χ0v) is 16.4. The maximum atomic E-state index is 11.7. The van der Waals surface area contributed by atoms with Gasteiger partial charge >= 0.3 is 6.09 Å². The summed E-state index contributed by atoms with van der Waals surface area (Å²) in [5, 5.41) is 4.18. The van der Waals surface area contributed by atoms with E-state index in [2.05, 4.69) is 21.2 Å². The molecular formula is C16H27BrN4O3. The van der Waals surface area contributed by atoms with E-state index in [1.165, 1.54) is 5.01 Å².